The number of halogens is 1. The van der Waals surface area contributed by atoms with Gasteiger partial charge in [-0.05, 0) is 55.3 Å². The van der Waals surface area contributed by atoms with Gasteiger partial charge in [0.25, 0.3) is 5.91 Å². The topological polar surface area (TPSA) is 89.5 Å². The predicted octanol–water partition coefficient (Wildman–Crippen LogP) is 4.76. The number of hydrogen-bond acceptors (Lipinski definition) is 7. The molecule has 1 aliphatic rings. The van der Waals surface area contributed by atoms with E-state index >= 15 is 0 Å². The van der Waals surface area contributed by atoms with Gasteiger partial charge in [-0.25, -0.2) is 14.4 Å². The van der Waals surface area contributed by atoms with Crippen molar-refractivity contribution in [2.45, 2.75) is 18.9 Å². The molecule has 0 unspecified atom stereocenters. The summed E-state index contributed by atoms with van der Waals surface area (Å²) in [4.78, 5) is 28.3. The number of ether oxygens (including phenoxy) is 2. The van der Waals surface area contributed by atoms with E-state index in [1.165, 1.54) is 18.3 Å². The average Bonchev–Trinajstić information content (AvgIpc) is 2.97. The molecule has 4 aromatic rings. The maximum atomic E-state index is 13.5. The molecule has 194 valence electrons. The zero-order valence-corrected chi connectivity index (χ0v) is 21.2. The van der Waals surface area contributed by atoms with E-state index < -0.39 is 0 Å². The summed E-state index contributed by atoms with van der Waals surface area (Å²) in [6.45, 7) is 1.51. The van der Waals surface area contributed by atoms with Gasteiger partial charge in [0.1, 0.15) is 18.0 Å². The molecule has 8 nitrogen and oxygen atoms in total. The van der Waals surface area contributed by atoms with E-state index in [0.717, 1.165) is 43.0 Å². The maximum absolute atomic E-state index is 13.5. The van der Waals surface area contributed by atoms with Gasteiger partial charge in [-0.2, -0.15) is 0 Å². The van der Waals surface area contributed by atoms with Gasteiger partial charge in [0, 0.05) is 42.5 Å². The fraction of sp³-hybridized carbons (Fsp3) is 0.241. The highest BCUT2D eigenvalue weighted by Gasteiger charge is 2.23. The van der Waals surface area contributed by atoms with E-state index in [9.17, 15) is 9.18 Å². The fourth-order valence-electron chi connectivity index (χ4n) is 4.54. The third-order valence-corrected chi connectivity index (χ3v) is 6.63. The van der Waals surface area contributed by atoms with Crippen LogP contribution >= 0.6 is 0 Å². The Labute approximate surface area is 220 Å². The predicted molar refractivity (Wildman–Crippen MR) is 143 cm³/mol. The first kappa shape index (κ1) is 25.1. The van der Waals surface area contributed by atoms with Gasteiger partial charge in [-0.1, -0.05) is 12.1 Å². The normalized spacial score (nSPS) is 13.7. The first-order valence-corrected chi connectivity index (χ1v) is 12.4. The number of benzene rings is 2. The van der Waals surface area contributed by atoms with Crippen LogP contribution in [0.15, 0.2) is 73.2 Å². The van der Waals surface area contributed by atoms with Crippen molar-refractivity contribution < 1.29 is 18.7 Å². The summed E-state index contributed by atoms with van der Waals surface area (Å²) in [7, 11) is 3.21. The van der Waals surface area contributed by atoms with E-state index in [1.807, 2.05) is 24.3 Å². The molecular formula is C29H28FN5O3. The second kappa shape index (κ2) is 11.2. The molecule has 0 atom stereocenters. The van der Waals surface area contributed by atoms with Crippen LogP contribution in [0, 0.1) is 5.82 Å². The van der Waals surface area contributed by atoms with Crippen molar-refractivity contribution in [2.24, 2.45) is 0 Å². The van der Waals surface area contributed by atoms with Gasteiger partial charge in [0.05, 0.1) is 31.2 Å². The molecule has 0 radical (unpaired) electrons. The second-order valence-corrected chi connectivity index (χ2v) is 9.01. The minimum Gasteiger partial charge on any atom is -0.493 e. The van der Waals surface area contributed by atoms with Crippen LogP contribution in [0.3, 0.4) is 0 Å². The lowest BCUT2D eigenvalue weighted by atomic mass is 10.0. The molecule has 1 saturated heterocycles. The van der Waals surface area contributed by atoms with Crippen LogP contribution in [-0.2, 0) is 0 Å². The summed E-state index contributed by atoms with van der Waals surface area (Å²) in [5, 5.41) is 3.11. The van der Waals surface area contributed by atoms with Gasteiger partial charge < -0.3 is 19.7 Å². The number of rotatable bonds is 7. The van der Waals surface area contributed by atoms with E-state index in [2.05, 4.69) is 25.2 Å². The van der Waals surface area contributed by atoms with Gasteiger partial charge in [0.15, 0.2) is 11.5 Å². The molecule has 0 bridgehead atoms. The van der Waals surface area contributed by atoms with Crippen LogP contribution in [0.25, 0.3) is 22.5 Å². The summed E-state index contributed by atoms with van der Waals surface area (Å²) in [5.41, 5.74) is 3.46. The second-order valence-electron chi connectivity index (χ2n) is 9.01. The number of hydrogen-bond donors (Lipinski definition) is 1. The fourth-order valence-corrected chi connectivity index (χ4v) is 4.54. The van der Waals surface area contributed by atoms with Gasteiger partial charge in [-0.3, -0.25) is 9.78 Å². The van der Waals surface area contributed by atoms with Crippen LogP contribution in [-0.4, -0.2) is 54.2 Å². The molecule has 9 heteroatoms. The van der Waals surface area contributed by atoms with Gasteiger partial charge >= 0.3 is 0 Å². The van der Waals surface area contributed by atoms with Gasteiger partial charge in [-0.15, -0.1) is 0 Å². The largest absolute Gasteiger partial charge is 0.493 e. The smallest absolute Gasteiger partial charge is 0.253 e. The molecule has 1 amide bonds. The van der Waals surface area contributed by atoms with Crippen LogP contribution in [0.5, 0.6) is 11.5 Å². The van der Waals surface area contributed by atoms with Crippen molar-refractivity contribution >= 4 is 11.7 Å². The molecule has 5 rings (SSSR count). The lowest BCUT2D eigenvalue weighted by Crippen LogP contribution is -2.45. The van der Waals surface area contributed by atoms with E-state index in [1.54, 1.807) is 44.8 Å². The molecule has 2 aromatic heterocycles. The molecule has 1 aliphatic heterocycles. The van der Waals surface area contributed by atoms with Crippen molar-refractivity contribution in [1.82, 2.24) is 20.3 Å². The number of anilines is 1. The first-order chi connectivity index (χ1) is 18.5. The Morgan fingerprint density at radius 2 is 1.68 bits per heavy atom. The quantitative estimate of drug-likeness (QED) is 0.381. The molecule has 1 N–H and O–H groups in total. The van der Waals surface area contributed by atoms with Crippen LogP contribution in [0.1, 0.15) is 23.2 Å². The number of carbonyl (C=O) groups excluding carboxylic acids is 1. The zero-order chi connectivity index (χ0) is 26.5. The Balaban J connectivity index is 1.19. The summed E-state index contributed by atoms with van der Waals surface area (Å²) in [5.74, 6) is 1.65. The van der Waals surface area contributed by atoms with E-state index in [0.29, 0.717) is 28.3 Å². The molecule has 38 heavy (non-hydrogen) atoms. The van der Waals surface area contributed by atoms with Crippen molar-refractivity contribution in [2.75, 3.05) is 32.2 Å². The maximum Gasteiger partial charge on any atom is 0.253 e. The number of aromatic nitrogens is 3. The van der Waals surface area contributed by atoms with Crippen LogP contribution in [0.2, 0.25) is 0 Å². The van der Waals surface area contributed by atoms with E-state index in [4.69, 9.17) is 9.47 Å². The summed E-state index contributed by atoms with van der Waals surface area (Å²) in [6.07, 6.45) is 4.67. The number of pyridine rings is 1. The van der Waals surface area contributed by atoms with Crippen molar-refractivity contribution in [3.8, 4) is 34.0 Å². The number of carbonyl (C=O) groups is 1. The number of methoxy groups -OCH3 is 2. The summed E-state index contributed by atoms with van der Waals surface area (Å²) < 4.78 is 24.2. The average molecular weight is 514 g/mol. The van der Waals surface area contributed by atoms with Gasteiger partial charge in [0.2, 0.25) is 0 Å². The molecular weight excluding hydrogens is 485 g/mol. The third-order valence-electron chi connectivity index (χ3n) is 6.63. The minimum atomic E-state index is -0.323. The molecule has 3 heterocycles. The highest BCUT2D eigenvalue weighted by molar-refractivity contribution is 5.94. The van der Waals surface area contributed by atoms with Crippen molar-refractivity contribution in [3.05, 3.63) is 84.6 Å². The third kappa shape index (κ3) is 5.56. The number of nitrogens with zero attached hydrogens (tertiary/aromatic N) is 4. The number of piperidine rings is 1. The monoisotopic (exact) mass is 513 g/mol. The summed E-state index contributed by atoms with van der Waals surface area (Å²) in [6, 6.07) is 17.4. The molecule has 0 aliphatic carbocycles. The highest BCUT2D eigenvalue weighted by Crippen LogP contribution is 2.32. The first-order valence-electron chi connectivity index (χ1n) is 12.4. The minimum absolute atomic E-state index is 0.0498. The molecule has 0 saturated carbocycles. The van der Waals surface area contributed by atoms with E-state index in [-0.39, 0.29) is 17.8 Å². The Hall–Kier alpha value is -4.53. The van der Waals surface area contributed by atoms with Crippen molar-refractivity contribution in [3.63, 3.8) is 0 Å². The molecule has 2 aromatic carbocycles. The van der Waals surface area contributed by atoms with Crippen molar-refractivity contribution in [1.29, 1.82) is 0 Å². The Morgan fingerprint density at radius 3 is 2.39 bits per heavy atom. The van der Waals surface area contributed by atoms with Crippen LogP contribution in [0.4, 0.5) is 10.2 Å². The molecule has 1 fully saturated rings. The zero-order valence-electron chi connectivity index (χ0n) is 21.2. The number of nitrogens with one attached hydrogen (secondary N) is 1. The Kier molecular flexibility index (Phi) is 7.44. The summed E-state index contributed by atoms with van der Waals surface area (Å²) >= 11 is 0. The molecule has 0 spiro atoms. The lowest BCUT2D eigenvalue weighted by Gasteiger charge is -2.33. The number of amides is 1. The lowest BCUT2D eigenvalue weighted by molar-refractivity contribution is 0.0930. The van der Waals surface area contributed by atoms with Crippen LogP contribution < -0.4 is 19.7 Å². The highest BCUT2D eigenvalue weighted by atomic mass is 19.1. The Morgan fingerprint density at radius 1 is 0.895 bits per heavy atom. The Bertz CT molecular complexity index is 1420. The SMILES string of the molecule is COc1ccc(-c2cc(N3CCC(NC(=O)c4ccc(-c5cccc(F)c5)nc4)CC3)ncn2)cc1OC. The standard InChI is InChI=1S/C29H28FN5O3/c1-37-26-9-7-20(15-27(26)38-2)25-16-28(33-18-32-25)35-12-10-23(11-13-35)34-29(36)21-6-8-24(31-17-21)19-4-3-5-22(30)14-19/h3-9,14-18,23H,10-13H2,1-2H3,(H,34,36).